The second-order valence-corrected chi connectivity index (χ2v) is 10.7. The summed E-state index contributed by atoms with van der Waals surface area (Å²) in [4.78, 5) is 9.30. The molecule has 6 rings (SSSR count). The second-order valence-electron chi connectivity index (χ2n) is 9.66. The van der Waals surface area contributed by atoms with Crippen LogP contribution in [0, 0.1) is 5.82 Å². The first-order chi connectivity index (χ1) is 19.2. The zero-order valence-electron chi connectivity index (χ0n) is 21.6. The Morgan fingerprint density at radius 2 is 1.82 bits per heavy atom. The van der Waals surface area contributed by atoms with Crippen LogP contribution in [0.15, 0.2) is 84.0 Å². The molecule has 2 heterocycles. The number of fused-ring (bicyclic) bond motifs is 1. The molecule has 7 nitrogen and oxygen atoms in total. The van der Waals surface area contributed by atoms with Crippen molar-refractivity contribution in [1.82, 2.24) is 30.3 Å². The van der Waals surface area contributed by atoms with Gasteiger partial charge in [0.15, 0.2) is 16.3 Å². The van der Waals surface area contributed by atoms with Gasteiger partial charge in [-0.25, -0.2) is 14.1 Å². The van der Waals surface area contributed by atoms with Crippen molar-refractivity contribution in [3.8, 4) is 11.6 Å². The Bertz CT molecular complexity index is 1560. The van der Waals surface area contributed by atoms with E-state index in [4.69, 9.17) is 9.72 Å². The van der Waals surface area contributed by atoms with Crippen LogP contribution in [-0.4, -0.2) is 36.8 Å². The molecule has 0 bridgehead atoms. The maximum absolute atomic E-state index is 15.1. The van der Waals surface area contributed by atoms with Gasteiger partial charge in [-0.15, -0.1) is 5.10 Å². The largest absolute Gasteiger partial charge is 0.437 e. The van der Waals surface area contributed by atoms with Crippen molar-refractivity contribution >= 4 is 22.9 Å². The zero-order chi connectivity index (χ0) is 26.6. The minimum atomic E-state index is -0.324. The summed E-state index contributed by atoms with van der Waals surface area (Å²) in [5.74, 6) is 1.66. The summed E-state index contributed by atoms with van der Waals surface area (Å²) in [5, 5.41) is 12.7. The predicted molar refractivity (Wildman–Crippen MR) is 151 cm³/mol. The van der Waals surface area contributed by atoms with Gasteiger partial charge in [-0.2, -0.15) is 4.98 Å². The van der Waals surface area contributed by atoms with Gasteiger partial charge in [-0.1, -0.05) is 90.6 Å². The van der Waals surface area contributed by atoms with Gasteiger partial charge in [-0.05, 0) is 30.0 Å². The Morgan fingerprint density at radius 1 is 1.03 bits per heavy atom. The molecule has 1 fully saturated rings. The van der Waals surface area contributed by atoms with Gasteiger partial charge in [0.1, 0.15) is 11.6 Å². The number of aromatic nitrogens is 5. The van der Waals surface area contributed by atoms with Gasteiger partial charge in [0.2, 0.25) is 0 Å². The molecule has 2 aromatic heterocycles. The highest BCUT2D eigenvalue weighted by atomic mass is 32.2. The standard InChI is InChI=1S/C30H29FN6OS/c1-2-15-39-30-33-28-27(35-36-37(28)19-20-9-5-3-6-10-20)29(34-30)38-23-14-13-22(25(31)16-23)18-32-26-17-24(26)21-11-7-4-8-12-21/h3-14,16,24,26,32H,2,15,17-19H2,1H3/t24-,26+/m0/s1. The number of halogens is 1. The number of ether oxygens (including phenoxy) is 1. The highest BCUT2D eigenvalue weighted by Gasteiger charge is 2.37. The monoisotopic (exact) mass is 540 g/mol. The fraction of sp³-hybridized carbons (Fsp3) is 0.267. The van der Waals surface area contributed by atoms with Gasteiger partial charge in [0.25, 0.3) is 5.88 Å². The molecule has 198 valence electrons. The first-order valence-electron chi connectivity index (χ1n) is 13.2. The van der Waals surface area contributed by atoms with Crippen LogP contribution in [0.5, 0.6) is 11.6 Å². The van der Waals surface area contributed by atoms with E-state index >= 15 is 4.39 Å². The highest BCUT2D eigenvalue weighted by Crippen LogP contribution is 2.41. The number of benzene rings is 3. The lowest BCUT2D eigenvalue weighted by Gasteiger charge is -2.10. The molecule has 0 radical (unpaired) electrons. The number of hydrogen-bond acceptors (Lipinski definition) is 7. The fourth-order valence-electron chi connectivity index (χ4n) is 4.58. The maximum Gasteiger partial charge on any atom is 0.253 e. The van der Waals surface area contributed by atoms with E-state index in [0.29, 0.717) is 52.7 Å². The van der Waals surface area contributed by atoms with E-state index in [1.807, 2.05) is 36.4 Å². The normalized spacial score (nSPS) is 16.5. The molecule has 0 spiro atoms. The number of nitrogens with zero attached hydrogens (tertiary/aromatic N) is 5. The van der Waals surface area contributed by atoms with Crippen molar-refractivity contribution < 1.29 is 9.13 Å². The average molecular weight is 541 g/mol. The molecule has 39 heavy (non-hydrogen) atoms. The van der Waals surface area contributed by atoms with E-state index < -0.39 is 0 Å². The SMILES string of the molecule is CCCSc1nc(Oc2ccc(CN[C@@H]3C[C@H]3c3ccccc3)c(F)c2)c2nnn(Cc3ccccc3)c2n1. The molecule has 1 N–H and O–H groups in total. The first-order valence-corrected chi connectivity index (χ1v) is 14.2. The highest BCUT2D eigenvalue weighted by molar-refractivity contribution is 7.99. The van der Waals surface area contributed by atoms with Gasteiger partial charge < -0.3 is 10.1 Å². The molecule has 0 saturated heterocycles. The van der Waals surface area contributed by atoms with Crippen LogP contribution in [0.3, 0.4) is 0 Å². The van der Waals surface area contributed by atoms with Crippen molar-refractivity contribution in [2.24, 2.45) is 0 Å². The molecular formula is C30H29FN6OS. The summed E-state index contributed by atoms with van der Waals surface area (Å²) in [6, 6.07) is 25.8. The summed E-state index contributed by atoms with van der Waals surface area (Å²) in [6.45, 7) is 3.09. The number of nitrogens with one attached hydrogen (secondary N) is 1. The van der Waals surface area contributed by atoms with Crippen LogP contribution in [0.4, 0.5) is 4.39 Å². The lowest BCUT2D eigenvalue weighted by molar-refractivity contribution is 0.455. The van der Waals surface area contributed by atoms with E-state index in [1.54, 1.807) is 28.6 Å². The third-order valence-electron chi connectivity index (χ3n) is 6.73. The Morgan fingerprint density at radius 3 is 2.59 bits per heavy atom. The minimum Gasteiger partial charge on any atom is -0.437 e. The molecule has 0 amide bonds. The Labute approximate surface area is 230 Å². The van der Waals surface area contributed by atoms with Crippen molar-refractivity contribution in [3.05, 3.63) is 101 Å². The van der Waals surface area contributed by atoms with Crippen LogP contribution in [0.25, 0.3) is 11.2 Å². The van der Waals surface area contributed by atoms with Crippen LogP contribution in [0.1, 0.15) is 42.4 Å². The second kappa shape index (κ2) is 11.5. The summed E-state index contributed by atoms with van der Waals surface area (Å²) < 4.78 is 22.9. The van der Waals surface area contributed by atoms with Crippen LogP contribution in [-0.2, 0) is 13.1 Å². The zero-order valence-corrected chi connectivity index (χ0v) is 22.4. The number of thioether (sulfide) groups is 1. The van der Waals surface area contributed by atoms with Gasteiger partial charge in [0.05, 0.1) is 6.54 Å². The van der Waals surface area contributed by atoms with E-state index in [-0.39, 0.29) is 11.7 Å². The molecule has 3 aromatic carbocycles. The van der Waals surface area contributed by atoms with Gasteiger partial charge in [-0.3, -0.25) is 0 Å². The van der Waals surface area contributed by atoms with Crippen molar-refractivity contribution in [3.63, 3.8) is 0 Å². The summed E-state index contributed by atoms with van der Waals surface area (Å²) in [6.07, 6.45) is 2.05. The topological polar surface area (TPSA) is 77.8 Å². The minimum absolute atomic E-state index is 0.270. The molecule has 0 unspecified atom stereocenters. The van der Waals surface area contributed by atoms with Gasteiger partial charge in [0, 0.05) is 35.9 Å². The molecule has 1 aliphatic rings. The molecule has 9 heteroatoms. The van der Waals surface area contributed by atoms with Crippen molar-refractivity contribution in [1.29, 1.82) is 0 Å². The predicted octanol–water partition coefficient (Wildman–Crippen LogP) is 6.35. The number of hydrogen-bond donors (Lipinski definition) is 1. The molecular weight excluding hydrogens is 511 g/mol. The maximum atomic E-state index is 15.1. The van der Waals surface area contributed by atoms with Gasteiger partial charge >= 0.3 is 0 Å². The number of rotatable bonds is 11. The van der Waals surface area contributed by atoms with Crippen LogP contribution >= 0.6 is 11.8 Å². The Kier molecular flexibility index (Phi) is 7.51. The Balaban J connectivity index is 1.19. The van der Waals surface area contributed by atoms with E-state index in [9.17, 15) is 0 Å². The lowest BCUT2D eigenvalue weighted by atomic mass is 10.1. The van der Waals surface area contributed by atoms with E-state index in [1.165, 1.54) is 11.6 Å². The summed E-state index contributed by atoms with van der Waals surface area (Å²) in [7, 11) is 0. The van der Waals surface area contributed by atoms with Crippen molar-refractivity contribution in [2.75, 3.05) is 5.75 Å². The quantitative estimate of drug-likeness (QED) is 0.155. The van der Waals surface area contributed by atoms with Crippen molar-refractivity contribution in [2.45, 2.75) is 50.0 Å². The third-order valence-corrected chi connectivity index (χ3v) is 7.79. The summed E-state index contributed by atoms with van der Waals surface area (Å²) in [5.41, 5.74) is 4.04. The summed E-state index contributed by atoms with van der Waals surface area (Å²) >= 11 is 1.54. The third kappa shape index (κ3) is 5.94. The van der Waals surface area contributed by atoms with E-state index in [0.717, 1.165) is 24.2 Å². The molecule has 1 saturated carbocycles. The Hall–Kier alpha value is -3.82. The average Bonchev–Trinajstić information content (AvgIpc) is 3.64. The lowest BCUT2D eigenvalue weighted by Crippen LogP contribution is -2.18. The van der Waals surface area contributed by atoms with E-state index in [2.05, 4.69) is 51.8 Å². The van der Waals surface area contributed by atoms with Crippen LogP contribution < -0.4 is 10.1 Å². The molecule has 1 aliphatic carbocycles. The molecule has 0 aliphatic heterocycles. The molecule has 5 aromatic rings. The first kappa shape index (κ1) is 25.5. The molecule has 2 atom stereocenters. The van der Waals surface area contributed by atoms with Crippen LogP contribution in [0.2, 0.25) is 0 Å². The smallest absolute Gasteiger partial charge is 0.253 e. The fourth-order valence-corrected chi connectivity index (χ4v) is 5.27.